The lowest BCUT2D eigenvalue weighted by Crippen LogP contribution is -2.26. The van der Waals surface area contributed by atoms with E-state index in [9.17, 15) is 8.42 Å². The third-order valence-corrected chi connectivity index (χ3v) is 3.98. The number of H-pyrrole nitrogens is 1. The molecule has 1 heterocycles. The fourth-order valence-electron chi connectivity index (χ4n) is 1.69. The van der Waals surface area contributed by atoms with E-state index in [1.54, 1.807) is 0 Å². The largest absolute Gasteiger partial charge is 0.331 e. The number of hydrogen-bond acceptors (Lipinski definition) is 3. The van der Waals surface area contributed by atoms with Gasteiger partial charge in [0.15, 0.2) is 4.77 Å². The standard InChI is InChI=1S/C10H12BrN3O2S2/c1-18(15,16)12-4-5-14-9-6-7(11)2-3-8(9)13-10(14)17/h2-3,6,12H,4-5H2,1H3,(H,13,17). The minimum absolute atomic E-state index is 0.312. The van der Waals surface area contributed by atoms with E-state index < -0.39 is 10.0 Å². The molecule has 2 aromatic rings. The molecule has 98 valence electrons. The second-order valence-electron chi connectivity index (χ2n) is 3.91. The minimum atomic E-state index is -3.17. The monoisotopic (exact) mass is 349 g/mol. The summed E-state index contributed by atoms with van der Waals surface area (Å²) in [7, 11) is -3.17. The van der Waals surface area contributed by atoms with E-state index >= 15 is 0 Å². The molecule has 0 unspecified atom stereocenters. The molecule has 2 N–H and O–H groups in total. The van der Waals surface area contributed by atoms with Crippen LogP contribution in [0.3, 0.4) is 0 Å². The maximum Gasteiger partial charge on any atom is 0.208 e. The summed E-state index contributed by atoms with van der Waals surface area (Å²) in [4.78, 5) is 3.08. The fraction of sp³-hybridized carbons (Fsp3) is 0.300. The Morgan fingerprint density at radius 2 is 2.22 bits per heavy atom. The number of aromatic amines is 1. The molecular formula is C10H12BrN3O2S2. The molecule has 0 atom stereocenters. The van der Waals surface area contributed by atoms with Crippen molar-refractivity contribution in [2.24, 2.45) is 0 Å². The van der Waals surface area contributed by atoms with Crippen LogP contribution in [0.4, 0.5) is 0 Å². The van der Waals surface area contributed by atoms with Crippen molar-refractivity contribution in [2.45, 2.75) is 6.54 Å². The van der Waals surface area contributed by atoms with Gasteiger partial charge in [0.2, 0.25) is 10.0 Å². The molecule has 0 fully saturated rings. The van der Waals surface area contributed by atoms with Crippen LogP contribution in [0.15, 0.2) is 22.7 Å². The van der Waals surface area contributed by atoms with Gasteiger partial charge in [-0.2, -0.15) is 0 Å². The van der Waals surface area contributed by atoms with Crippen LogP contribution >= 0.6 is 28.1 Å². The Balaban J connectivity index is 2.30. The van der Waals surface area contributed by atoms with Gasteiger partial charge in [-0.25, -0.2) is 13.1 Å². The maximum atomic E-state index is 11.0. The van der Waals surface area contributed by atoms with Crippen LogP contribution in [0.25, 0.3) is 11.0 Å². The van der Waals surface area contributed by atoms with Gasteiger partial charge in [0.05, 0.1) is 17.3 Å². The zero-order chi connectivity index (χ0) is 13.3. The molecular weight excluding hydrogens is 338 g/mol. The molecule has 0 saturated carbocycles. The van der Waals surface area contributed by atoms with E-state index in [1.807, 2.05) is 22.8 Å². The van der Waals surface area contributed by atoms with Crippen molar-refractivity contribution >= 4 is 49.2 Å². The van der Waals surface area contributed by atoms with E-state index in [0.29, 0.717) is 17.9 Å². The first-order chi connectivity index (χ1) is 8.37. The van der Waals surface area contributed by atoms with E-state index in [2.05, 4.69) is 25.6 Å². The summed E-state index contributed by atoms with van der Waals surface area (Å²) in [6, 6.07) is 5.80. The normalized spacial score (nSPS) is 12.1. The van der Waals surface area contributed by atoms with Crippen LogP contribution in [0.2, 0.25) is 0 Å². The highest BCUT2D eigenvalue weighted by Gasteiger charge is 2.06. The van der Waals surface area contributed by atoms with Crippen molar-refractivity contribution in [3.05, 3.63) is 27.4 Å². The number of rotatable bonds is 4. The summed E-state index contributed by atoms with van der Waals surface area (Å²) in [5.74, 6) is 0. The minimum Gasteiger partial charge on any atom is -0.331 e. The van der Waals surface area contributed by atoms with Gasteiger partial charge >= 0.3 is 0 Å². The summed E-state index contributed by atoms with van der Waals surface area (Å²) in [6.45, 7) is 0.801. The number of aromatic nitrogens is 2. The van der Waals surface area contributed by atoms with Crippen LogP contribution in [0.5, 0.6) is 0 Å². The second-order valence-corrected chi connectivity index (χ2v) is 7.05. The summed E-state index contributed by atoms with van der Waals surface area (Å²) in [6.07, 6.45) is 1.14. The highest BCUT2D eigenvalue weighted by Crippen LogP contribution is 2.19. The number of hydrogen-bond donors (Lipinski definition) is 2. The maximum absolute atomic E-state index is 11.0. The molecule has 0 aliphatic heterocycles. The molecule has 8 heteroatoms. The van der Waals surface area contributed by atoms with Crippen molar-refractivity contribution in [3.63, 3.8) is 0 Å². The number of halogens is 1. The number of fused-ring (bicyclic) bond motifs is 1. The van der Waals surface area contributed by atoms with Crippen LogP contribution < -0.4 is 4.72 Å². The molecule has 0 spiro atoms. The molecule has 1 aromatic carbocycles. The SMILES string of the molecule is CS(=O)(=O)NCCn1c(=S)[nH]c2ccc(Br)cc21. The number of nitrogens with zero attached hydrogens (tertiary/aromatic N) is 1. The summed E-state index contributed by atoms with van der Waals surface area (Å²) >= 11 is 8.62. The van der Waals surface area contributed by atoms with Crippen molar-refractivity contribution in [1.82, 2.24) is 14.3 Å². The van der Waals surface area contributed by atoms with Crippen LogP contribution in [0.1, 0.15) is 0 Å². The molecule has 1 aromatic heterocycles. The number of imidazole rings is 1. The Kier molecular flexibility index (Phi) is 3.90. The molecule has 5 nitrogen and oxygen atoms in total. The molecule has 0 aliphatic rings. The summed E-state index contributed by atoms with van der Waals surface area (Å²) in [5, 5.41) is 0. The molecule has 2 rings (SSSR count). The zero-order valence-corrected chi connectivity index (χ0v) is 12.8. The predicted molar refractivity (Wildman–Crippen MR) is 77.7 cm³/mol. The van der Waals surface area contributed by atoms with E-state index in [-0.39, 0.29) is 0 Å². The predicted octanol–water partition coefficient (Wildman–Crippen LogP) is 2.01. The van der Waals surface area contributed by atoms with Gasteiger partial charge in [0.1, 0.15) is 0 Å². The highest BCUT2D eigenvalue weighted by molar-refractivity contribution is 9.10. The number of benzene rings is 1. The van der Waals surface area contributed by atoms with Crippen LogP contribution in [-0.4, -0.2) is 30.8 Å². The third kappa shape index (κ3) is 3.19. The van der Waals surface area contributed by atoms with E-state index in [0.717, 1.165) is 21.8 Å². The Bertz CT molecular complexity index is 733. The first-order valence-electron chi connectivity index (χ1n) is 5.19. The van der Waals surface area contributed by atoms with Gasteiger partial charge in [0, 0.05) is 17.6 Å². The van der Waals surface area contributed by atoms with Gasteiger partial charge < -0.3 is 9.55 Å². The van der Waals surface area contributed by atoms with Crippen molar-refractivity contribution in [2.75, 3.05) is 12.8 Å². The van der Waals surface area contributed by atoms with Gasteiger partial charge in [-0.1, -0.05) is 15.9 Å². The lowest BCUT2D eigenvalue weighted by Gasteiger charge is -2.05. The lowest BCUT2D eigenvalue weighted by atomic mass is 10.3. The van der Waals surface area contributed by atoms with E-state index in [1.165, 1.54) is 0 Å². The topological polar surface area (TPSA) is 66.9 Å². The molecule has 0 bridgehead atoms. The van der Waals surface area contributed by atoms with Crippen LogP contribution in [-0.2, 0) is 16.6 Å². The quantitative estimate of drug-likeness (QED) is 0.829. The third-order valence-electron chi connectivity index (χ3n) is 2.44. The first-order valence-corrected chi connectivity index (χ1v) is 8.29. The molecule has 0 radical (unpaired) electrons. The average molecular weight is 350 g/mol. The number of nitrogens with one attached hydrogen (secondary N) is 2. The van der Waals surface area contributed by atoms with Gasteiger partial charge in [-0.3, -0.25) is 0 Å². The highest BCUT2D eigenvalue weighted by atomic mass is 79.9. The van der Waals surface area contributed by atoms with Crippen molar-refractivity contribution < 1.29 is 8.42 Å². The Morgan fingerprint density at radius 3 is 2.89 bits per heavy atom. The molecule has 0 amide bonds. The first kappa shape index (κ1) is 13.7. The van der Waals surface area contributed by atoms with E-state index in [4.69, 9.17) is 12.2 Å². The Morgan fingerprint density at radius 1 is 1.50 bits per heavy atom. The second kappa shape index (κ2) is 5.12. The average Bonchev–Trinajstić information content (AvgIpc) is 2.54. The van der Waals surface area contributed by atoms with Gasteiger partial charge in [-0.05, 0) is 30.4 Å². The molecule has 0 saturated heterocycles. The number of sulfonamides is 1. The molecule has 0 aliphatic carbocycles. The Labute approximate surface area is 118 Å². The van der Waals surface area contributed by atoms with Crippen molar-refractivity contribution in [3.8, 4) is 0 Å². The smallest absolute Gasteiger partial charge is 0.208 e. The molecule has 18 heavy (non-hydrogen) atoms. The lowest BCUT2D eigenvalue weighted by molar-refractivity contribution is 0.579. The Hall–Kier alpha value is -0.700. The fourth-order valence-corrected chi connectivity index (χ4v) is 2.80. The summed E-state index contributed by atoms with van der Waals surface area (Å²) in [5.41, 5.74) is 1.88. The van der Waals surface area contributed by atoms with Crippen molar-refractivity contribution in [1.29, 1.82) is 0 Å². The van der Waals surface area contributed by atoms with Gasteiger partial charge in [-0.15, -0.1) is 0 Å². The van der Waals surface area contributed by atoms with Gasteiger partial charge in [0.25, 0.3) is 0 Å². The zero-order valence-electron chi connectivity index (χ0n) is 9.60. The van der Waals surface area contributed by atoms with Crippen LogP contribution in [0, 0.1) is 4.77 Å². The summed E-state index contributed by atoms with van der Waals surface area (Å²) < 4.78 is 27.9.